The van der Waals surface area contributed by atoms with E-state index in [1.54, 1.807) is 18.2 Å². The van der Waals surface area contributed by atoms with E-state index >= 15 is 0 Å². The van der Waals surface area contributed by atoms with Crippen molar-refractivity contribution in [3.63, 3.8) is 0 Å². The fourth-order valence-corrected chi connectivity index (χ4v) is 2.51. The Morgan fingerprint density at radius 3 is 2.55 bits per heavy atom. The van der Waals surface area contributed by atoms with Crippen LogP contribution in [0.15, 0.2) is 18.2 Å². The molecule has 22 heavy (non-hydrogen) atoms. The lowest BCUT2D eigenvalue weighted by atomic mass is 10.1. The lowest BCUT2D eigenvalue weighted by Crippen LogP contribution is -2.39. The molecular weight excluding hydrogens is 284 g/mol. The van der Waals surface area contributed by atoms with Crippen LogP contribution in [-0.2, 0) is 9.53 Å². The summed E-state index contributed by atoms with van der Waals surface area (Å²) in [6.07, 6.45) is 3.30. The van der Waals surface area contributed by atoms with E-state index in [-0.39, 0.29) is 12.5 Å². The van der Waals surface area contributed by atoms with Gasteiger partial charge in [0.2, 0.25) is 5.91 Å². The highest BCUT2D eigenvalue weighted by Crippen LogP contribution is 2.23. The molecule has 0 unspecified atom stereocenters. The molecule has 1 amide bonds. The Labute approximate surface area is 130 Å². The van der Waals surface area contributed by atoms with Gasteiger partial charge in [-0.1, -0.05) is 0 Å². The maximum atomic E-state index is 12.2. The molecule has 6 nitrogen and oxygen atoms in total. The molecule has 1 aliphatic rings. The highest BCUT2D eigenvalue weighted by molar-refractivity contribution is 5.96. The van der Waals surface area contributed by atoms with Crippen LogP contribution < -0.4 is 10.1 Å². The number of carbonyl (C=O) groups is 2. The number of methoxy groups -OCH3 is 2. The second-order valence-electron chi connectivity index (χ2n) is 5.20. The molecule has 1 heterocycles. The first kappa shape index (κ1) is 16.1. The molecule has 0 aromatic heterocycles. The quantitative estimate of drug-likeness (QED) is 0.842. The number of piperidine rings is 1. The smallest absolute Gasteiger partial charge is 0.340 e. The molecule has 120 valence electrons. The molecule has 0 aliphatic carbocycles. The van der Waals surface area contributed by atoms with Gasteiger partial charge in [0.05, 0.1) is 26.3 Å². The number of rotatable bonds is 5. The summed E-state index contributed by atoms with van der Waals surface area (Å²) < 4.78 is 9.88. The van der Waals surface area contributed by atoms with Crippen LogP contribution in [0.1, 0.15) is 29.6 Å². The Morgan fingerprint density at radius 1 is 1.18 bits per heavy atom. The number of likely N-dealkylation sites (tertiary alicyclic amines) is 1. The standard InChI is InChI=1S/C16H22N2O4/c1-21-12-6-7-14(13(10-12)16(20)22-2)17-11-15(19)18-8-4-3-5-9-18/h6-7,10,17H,3-5,8-9,11H2,1-2H3. The highest BCUT2D eigenvalue weighted by Gasteiger charge is 2.18. The molecule has 0 atom stereocenters. The second kappa shape index (κ2) is 7.68. The SMILES string of the molecule is COC(=O)c1cc(OC)ccc1NCC(=O)N1CCCCC1. The average molecular weight is 306 g/mol. The fraction of sp³-hybridized carbons (Fsp3) is 0.500. The molecular formula is C16H22N2O4. The van der Waals surface area contributed by atoms with E-state index in [1.165, 1.54) is 20.6 Å². The summed E-state index contributed by atoms with van der Waals surface area (Å²) >= 11 is 0. The van der Waals surface area contributed by atoms with E-state index in [2.05, 4.69) is 5.32 Å². The lowest BCUT2D eigenvalue weighted by Gasteiger charge is -2.27. The number of hydrogen-bond donors (Lipinski definition) is 1. The number of nitrogens with zero attached hydrogens (tertiary/aromatic N) is 1. The Hall–Kier alpha value is -2.24. The van der Waals surface area contributed by atoms with E-state index in [4.69, 9.17) is 9.47 Å². The molecule has 1 fully saturated rings. The van der Waals surface area contributed by atoms with Crippen molar-refractivity contribution < 1.29 is 19.1 Å². The van der Waals surface area contributed by atoms with Crippen LogP contribution in [0, 0.1) is 0 Å². The van der Waals surface area contributed by atoms with Crippen molar-refractivity contribution in [1.29, 1.82) is 0 Å². The lowest BCUT2D eigenvalue weighted by molar-refractivity contribution is -0.130. The first-order chi connectivity index (χ1) is 10.7. The summed E-state index contributed by atoms with van der Waals surface area (Å²) in [4.78, 5) is 25.9. The zero-order valence-corrected chi connectivity index (χ0v) is 13.1. The molecule has 2 rings (SSSR count). The monoisotopic (exact) mass is 306 g/mol. The van der Waals surface area contributed by atoms with Crippen molar-refractivity contribution in [3.8, 4) is 5.75 Å². The maximum absolute atomic E-state index is 12.2. The Bertz CT molecular complexity index is 539. The van der Waals surface area contributed by atoms with Crippen LogP contribution in [0.5, 0.6) is 5.75 Å². The van der Waals surface area contributed by atoms with Crippen LogP contribution in [0.2, 0.25) is 0 Å². The first-order valence-corrected chi connectivity index (χ1v) is 7.43. The van der Waals surface area contributed by atoms with Crippen molar-refractivity contribution in [3.05, 3.63) is 23.8 Å². The number of nitrogens with one attached hydrogen (secondary N) is 1. The molecule has 1 aromatic carbocycles. The zero-order chi connectivity index (χ0) is 15.9. The first-order valence-electron chi connectivity index (χ1n) is 7.43. The van der Waals surface area contributed by atoms with E-state index in [9.17, 15) is 9.59 Å². The summed E-state index contributed by atoms with van der Waals surface area (Å²) in [5.41, 5.74) is 0.923. The van der Waals surface area contributed by atoms with Gasteiger partial charge >= 0.3 is 5.97 Å². The fourth-order valence-electron chi connectivity index (χ4n) is 2.51. The van der Waals surface area contributed by atoms with E-state index < -0.39 is 5.97 Å². The number of carbonyl (C=O) groups excluding carboxylic acids is 2. The van der Waals surface area contributed by atoms with Crippen LogP contribution in [0.4, 0.5) is 5.69 Å². The summed E-state index contributed by atoms with van der Waals surface area (Å²) in [7, 11) is 2.86. The number of anilines is 1. The van der Waals surface area contributed by atoms with Crippen LogP contribution >= 0.6 is 0 Å². The number of ether oxygens (including phenoxy) is 2. The summed E-state index contributed by atoms with van der Waals surface area (Å²) in [6, 6.07) is 5.05. The van der Waals surface area contributed by atoms with Gasteiger partial charge in [0.1, 0.15) is 5.75 Å². The minimum atomic E-state index is -0.466. The van der Waals surface area contributed by atoms with Gasteiger partial charge in [0, 0.05) is 18.8 Å². The molecule has 0 saturated carbocycles. The molecule has 1 aromatic rings. The summed E-state index contributed by atoms with van der Waals surface area (Å²) in [6.45, 7) is 1.79. The minimum absolute atomic E-state index is 0.0475. The van der Waals surface area contributed by atoms with Gasteiger partial charge in [-0.05, 0) is 37.5 Å². The van der Waals surface area contributed by atoms with Crippen molar-refractivity contribution in [2.75, 3.05) is 39.2 Å². The molecule has 1 aliphatic heterocycles. The third kappa shape index (κ3) is 3.90. The Kier molecular flexibility index (Phi) is 5.63. The van der Waals surface area contributed by atoms with E-state index in [1.807, 2.05) is 4.90 Å². The summed E-state index contributed by atoms with van der Waals surface area (Å²) in [5, 5.41) is 3.03. The van der Waals surface area contributed by atoms with Crippen LogP contribution in [0.25, 0.3) is 0 Å². The molecule has 1 N–H and O–H groups in total. The van der Waals surface area contributed by atoms with Crippen molar-refractivity contribution in [2.24, 2.45) is 0 Å². The molecule has 6 heteroatoms. The normalized spacial score (nSPS) is 14.4. The Morgan fingerprint density at radius 2 is 1.91 bits per heavy atom. The minimum Gasteiger partial charge on any atom is -0.497 e. The largest absolute Gasteiger partial charge is 0.497 e. The van der Waals surface area contributed by atoms with Gasteiger partial charge in [-0.15, -0.1) is 0 Å². The topological polar surface area (TPSA) is 67.9 Å². The third-order valence-corrected chi connectivity index (χ3v) is 3.77. The van der Waals surface area contributed by atoms with Crippen molar-refractivity contribution in [2.45, 2.75) is 19.3 Å². The molecule has 1 saturated heterocycles. The van der Waals surface area contributed by atoms with Crippen molar-refractivity contribution in [1.82, 2.24) is 4.90 Å². The number of benzene rings is 1. The highest BCUT2D eigenvalue weighted by atomic mass is 16.5. The van der Waals surface area contributed by atoms with Gasteiger partial charge in [-0.3, -0.25) is 4.79 Å². The van der Waals surface area contributed by atoms with Gasteiger partial charge in [-0.25, -0.2) is 4.79 Å². The van der Waals surface area contributed by atoms with Crippen molar-refractivity contribution >= 4 is 17.6 Å². The number of hydrogen-bond acceptors (Lipinski definition) is 5. The predicted octanol–water partition coefficient (Wildman–Crippen LogP) is 1.91. The molecule has 0 spiro atoms. The predicted molar refractivity (Wildman–Crippen MR) is 83.3 cm³/mol. The number of esters is 1. The van der Waals surface area contributed by atoms with Crippen LogP contribution in [-0.4, -0.2) is 50.6 Å². The Balaban J connectivity index is 2.05. The summed E-state index contributed by atoms with van der Waals surface area (Å²) in [5.74, 6) is 0.145. The molecule has 0 radical (unpaired) electrons. The maximum Gasteiger partial charge on any atom is 0.340 e. The molecule has 0 bridgehead atoms. The number of amides is 1. The second-order valence-corrected chi connectivity index (χ2v) is 5.20. The van der Waals surface area contributed by atoms with Crippen LogP contribution in [0.3, 0.4) is 0 Å². The van der Waals surface area contributed by atoms with Gasteiger partial charge < -0.3 is 19.7 Å². The zero-order valence-electron chi connectivity index (χ0n) is 13.1. The van der Waals surface area contributed by atoms with Gasteiger partial charge in [0.15, 0.2) is 0 Å². The van der Waals surface area contributed by atoms with E-state index in [0.717, 1.165) is 25.9 Å². The third-order valence-electron chi connectivity index (χ3n) is 3.77. The average Bonchev–Trinajstić information content (AvgIpc) is 2.59. The van der Waals surface area contributed by atoms with Gasteiger partial charge in [0.25, 0.3) is 0 Å². The van der Waals surface area contributed by atoms with E-state index in [0.29, 0.717) is 17.0 Å². The van der Waals surface area contributed by atoms with Gasteiger partial charge in [-0.2, -0.15) is 0 Å².